The van der Waals surface area contributed by atoms with E-state index in [4.69, 9.17) is 0 Å². The van der Waals surface area contributed by atoms with Crippen molar-refractivity contribution in [2.75, 3.05) is 24.5 Å². The monoisotopic (exact) mass is 542 g/mol. The number of benzene rings is 3. The van der Waals surface area contributed by atoms with Gasteiger partial charge >= 0.3 is 0 Å². The summed E-state index contributed by atoms with van der Waals surface area (Å²) in [5.74, 6) is -0.430. The highest BCUT2D eigenvalue weighted by Gasteiger charge is 2.34. The van der Waals surface area contributed by atoms with Gasteiger partial charge < -0.3 is 4.90 Å². The van der Waals surface area contributed by atoms with Crippen LogP contribution in [0.1, 0.15) is 46.0 Å². The third kappa shape index (κ3) is 5.26. The van der Waals surface area contributed by atoms with Crippen LogP contribution in [-0.4, -0.2) is 45.6 Å². The van der Waals surface area contributed by atoms with Crippen molar-refractivity contribution in [3.05, 3.63) is 87.5 Å². The zero-order valence-electron chi connectivity index (χ0n) is 21.5. The van der Waals surface area contributed by atoms with E-state index in [2.05, 4.69) is 32.5 Å². The van der Waals surface area contributed by atoms with Crippen molar-refractivity contribution in [3.8, 4) is 0 Å². The lowest BCUT2D eigenvalue weighted by molar-refractivity contribution is -0.384. The minimum absolute atomic E-state index is 0.0111. The maximum absolute atomic E-state index is 12.6. The number of imide groups is 1. The van der Waals surface area contributed by atoms with E-state index in [9.17, 15) is 19.7 Å². The van der Waals surface area contributed by atoms with Crippen molar-refractivity contribution in [1.29, 1.82) is 0 Å². The Balaban J connectivity index is 1.20. The first kappa shape index (κ1) is 26.1. The molecule has 0 fully saturated rings. The predicted molar refractivity (Wildman–Crippen MR) is 151 cm³/mol. The summed E-state index contributed by atoms with van der Waals surface area (Å²) in [6.07, 6.45) is 1.54. The first-order valence-corrected chi connectivity index (χ1v) is 13.4. The Bertz CT molecular complexity index is 1580. The number of aryl methyl sites for hydroxylation is 1. The third-order valence-electron chi connectivity index (χ3n) is 6.77. The molecule has 11 heteroatoms. The summed E-state index contributed by atoms with van der Waals surface area (Å²) in [5, 5.41) is 21.0. The van der Waals surface area contributed by atoms with E-state index >= 15 is 0 Å². The van der Waals surface area contributed by atoms with Gasteiger partial charge in [-0.2, -0.15) is 4.37 Å². The number of azo groups is 1. The van der Waals surface area contributed by atoms with Gasteiger partial charge in [0.25, 0.3) is 17.5 Å². The van der Waals surface area contributed by atoms with Crippen LogP contribution in [0.3, 0.4) is 0 Å². The van der Waals surface area contributed by atoms with Crippen LogP contribution in [0, 0.1) is 17.0 Å². The second-order valence-electron chi connectivity index (χ2n) is 9.21. The van der Waals surface area contributed by atoms with Gasteiger partial charge in [0.05, 0.1) is 27.3 Å². The number of hydrogen-bond acceptors (Lipinski definition) is 9. The maximum atomic E-state index is 12.6. The molecular weight excluding hydrogens is 516 g/mol. The summed E-state index contributed by atoms with van der Waals surface area (Å²) in [7, 11) is 0. The number of aromatic nitrogens is 1. The van der Waals surface area contributed by atoms with Crippen LogP contribution >= 0.6 is 11.5 Å². The Morgan fingerprint density at radius 2 is 1.74 bits per heavy atom. The summed E-state index contributed by atoms with van der Waals surface area (Å²) in [5.41, 5.74) is 4.29. The van der Waals surface area contributed by atoms with E-state index in [0.717, 1.165) is 42.3 Å². The number of carbonyl (C=O) groups excluding carboxylic acids is 2. The number of amides is 2. The molecule has 4 aromatic rings. The molecule has 2 amide bonds. The Labute approximate surface area is 228 Å². The average molecular weight is 543 g/mol. The lowest BCUT2D eigenvalue weighted by atomic mass is 10.1. The summed E-state index contributed by atoms with van der Waals surface area (Å²) in [6.45, 7) is 6.03. The van der Waals surface area contributed by atoms with E-state index in [1.54, 1.807) is 30.3 Å². The molecule has 0 N–H and O–H groups in total. The molecule has 0 spiro atoms. The molecule has 1 aliphatic rings. The summed E-state index contributed by atoms with van der Waals surface area (Å²) >= 11 is 1.15. The zero-order valence-corrected chi connectivity index (χ0v) is 22.4. The number of carbonyl (C=O) groups is 2. The van der Waals surface area contributed by atoms with Crippen LogP contribution in [-0.2, 0) is 0 Å². The van der Waals surface area contributed by atoms with Crippen LogP contribution in [0.25, 0.3) is 10.9 Å². The predicted octanol–water partition coefficient (Wildman–Crippen LogP) is 6.83. The highest BCUT2D eigenvalue weighted by molar-refractivity contribution is 7.11. The largest absolute Gasteiger partial charge is 0.372 e. The van der Waals surface area contributed by atoms with Gasteiger partial charge in [0, 0.05) is 42.8 Å². The van der Waals surface area contributed by atoms with Crippen molar-refractivity contribution in [2.24, 2.45) is 10.2 Å². The molecule has 0 bridgehead atoms. The highest BCUT2D eigenvalue weighted by atomic mass is 32.1. The Morgan fingerprint density at radius 1 is 1.00 bits per heavy atom. The number of hydrogen-bond donors (Lipinski definition) is 0. The van der Waals surface area contributed by atoms with Crippen molar-refractivity contribution >= 4 is 56.3 Å². The first-order valence-electron chi connectivity index (χ1n) is 12.6. The lowest BCUT2D eigenvalue weighted by Gasteiger charge is -2.24. The molecule has 0 aliphatic carbocycles. The Kier molecular flexibility index (Phi) is 7.42. The standard InChI is InChI=1S/C28H26N6O4S/c1-3-32(14-6-7-15-33-27(35)21-8-4-5-9-22(21)28(33)36)19-10-12-24(18(2)16-19)29-30-26-23-17-20(34(37)38)11-13-25(23)31-39-26/h4-5,8-13,16-17H,3,6-7,14-15H2,1-2H3. The van der Waals surface area contributed by atoms with Crippen molar-refractivity contribution < 1.29 is 14.5 Å². The first-order chi connectivity index (χ1) is 18.9. The van der Waals surface area contributed by atoms with Gasteiger partial charge in [-0.25, -0.2) is 0 Å². The number of fused-ring (bicyclic) bond motifs is 2. The summed E-state index contributed by atoms with van der Waals surface area (Å²) in [6, 6.07) is 17.4. The van der Waals surface area contributed by atoms with Crippen molar-refractivity contribution in [1.82, 2.24) is 9.27 Å². The van der Waals surface area contributed by atoms with E-state index < -0.39 is 4.92 Å². The zero-order chi connectivity index (χ0) is 27.5. The van der Waals surface area contributed by atoms with Gasteiger partial charge in [-0.1, -0.05) is 12.1 Å². The van der Waals surface area contributed by atoms with Gasteiger partial charge in [0.2, 0.25) is 0 Å². The van der Waals surface area contributed by atoms with Crippen LogP contribution in [0.4, 0.5) is 22.1 Å². The SMILES string of the molecule is CCN(CCCCN1C(=O)c2ccccc2C1=O)c1ccc(N=Nc2snc3ccc([N+](=O)[O-])cc23)c(C)c1. The van der Waals surface area contributed by atoms with Crippen LogP contribution in [0.2, 0.25) is 0 Å². The Hall–Kier alpha value is -4.51. The van der Waals surface area contributed by atoms with Crippen LogP contribution in [0.5, 0.6) is 0 Å². The van der Waals surface area contributed by atoms with Gasteiger partial charge in [-0.05, 0) is 80.2 Å². The molecule has 1 aliphatic heterocycles. The lowest BCUT2D eigenvalue weighted by Crippen LogP contribution is -2.31. The molecular formula is C28H26N6O4S. The summed E-state index contributed by atoms with van der Waals surface area (Å²) in [4.78, 5) is 39.4. The van der Waals surface area contributed by atoms with Gasteiger partial charge in [0.1, 0.15) is 0 Å². The van der Waals surface area contributed by atoms with Crippen LogP contribution < -0.4 is 4.90 Å². The minimum atomic E-state index is -0.440. The molecule has 10 nitrogen and oxygen atoms in total. The van der Waals surface area contributed by atoms with Crippen LogP contribution in [0.15, 0.2) is 70.9 Å². The number of nitro groups is 1. The molecule has 0 atom stereocenters. The van der Waals surface area contributed by atoms with Gasteiger partial charge in [-0.3, -0.25) is 24.6 Å². The number of unbranched alkanes of at least 4 members (excludes halogenated alkanes) is 1. The second kappa shape index (κ2) is 11.1. The Morgan fingerprint density at radius 3 is 2.41 bits per heavy atom. The van der Waals surface area contributed by atoms with Gasteiger partial charge in [-0.15, -0.1) is 10.2 Å². The number of nitrogens with zero attached hydrogens (tertiary/aromatic N) is 6. The van der Waals surface area contributed by atoms with Crippen molar-refractivity contribution in [3.63, 3.8) is 0 Å². The fraction of sp³-hybridized carbons (Fsp3) is 0.250. The summed E-state index contributed by atoms with van der Waals surface area (Å²) < 4.78 is 4.30. The second-order valence-corrected chi connectivity index (χ2v) is 9.96. The molecule has 0 unspecified atom stereocenters. The average Bonchev–Trinajstić information content (AvgIpc) is 3.46. The third-order valence-corrected chi connectivity index (χ3v) is 7.53. The van der Waals surface area contributed by atoms with E-state index in [-0.39, 0.29) is 17.5 Å². The van der Waals surface area contributed by atoms with E-state index in [1.807, 2.05) is 19.1 Å². The topological polar surface area (TPSA) is 121 Å². The number of anilines is 1. The van der Waals surface area contributed by atoms with E-state index in [0.29, 0.717) is 45.7 Å². The smallest absolute Gasteiger partial charge is 0.270 e. The van der Waals surface area contributed by atoms with Gasteiger partial charge in [0.15, 0.2) is 5.00 Å². The molecule has 0 saturated carbocycles. The number of nitro benzene ring substituents is 1. The molecule has 2 heterocycles. The van der Waals surface area contributed by atoms with Crippen molar-refractivity contribution in [2.45, 2.75) is 26.7 Å². The molecule has 198 valence electrons. The fourth-order valence-corrected chi connectivity index (χ4v) is 5.32. The van der Waals surface area contributed by atoms with E-state index in [1.165, 1.54) is 17.0 Å². The normalized spacial score (nSPS) is 13.0. The number of rotatable bonds is 10. The molecule has 3 aromatic carbocycles. The molecule has 0 radical (unpaired) electrons. The highest BCUT2D eigenvalue weighted by Crippen LogP contribution is 2.35. The molecule has 0 saturated heterocycles. The molecule has 39 heavy (non-hydrogen) atoms. The minimum Gasteiger partial charge on any atom is -0.372 e. The maximum Gasteiger partial charge on any atom is 0.270 e. The number of non-ortho nitro benzene ring substituents is 1. The quantitative estimate of drug-likeness (QED) is 0.0712. The fourth-order valence-electron chi connectivity index (χ4n) is 4.63. The molecule has 5 rings (SSSR count). The molecule has 1 aromatic heterocycles.